The minimum atomic E-state index is 0.343. The molecule has 4 heteroatoms. The van der Waals surface area contributed by atoms with Crippen molar-refractivity contribution in [3.8, 4) is 0 Å². The first-order valence-electron chi connectivity index (χ1n) is 6.67. The van der Waals surface area contributed by atoms with Gasteiger partial charge in [0.25, 0.3) is 0 Å². The van der Waals surface area contributed by atoms with Crippen LogP contribution in [0.2, 0.25) is 0 Å². The second kappa shape index (κ2) is 5.85. The van der Waals surface area contributed by atoms with Gasteiger partial charge in [-0.3, -0.25) is 4.90 Å². The molecule has 2 atom stereocenters. The smallest absolute Gasteiger partial charge is 0.111 e. The van der Waals surface area contributed by atoms with E-state index in [-0.39, 0.29) is 0 Å². The maximum absolute atomic E-state index is 5.76. The number of nitrogens with one attached hydrogen (secondary N) is 1. The lowest BCUT2D eigenvalue weighted by atomic mass is 10.0. The molecule has 0 radical (unpaired) electrons. The van der Waals surface area contributed by atoms with Crippen molar-refractivity contribution < 1.29 is 4.74 Å². The first kappa shape index (κ1) is 12.9. The van der Waals surface area contributed by atoms with Gasteiger partial charge in [0.1, 0.15) is 5.76 Å². The number of piperazine rings is 1. The van der Waals surface area contributed by atoms with Gasteiger partial charge in [-0.15, -0.1) is 0 Å². The van der Waals surface area contributed by atoms with E-state index in [9.17, 15) is 0 Å². The Bertz CT molecular complexity index is 280. The van der Waals surface area contributed by atoms with Gasteiger partial charge in [-0.05, 0) is 26.7 Å². The van der Waals surface area contributed by atoms with E-state index in [2.05, 4.69) is 42.2 Å². The molecule has 0 aromatic rings. The molecule has 0 saturated carbocycles. The number of nitrogens with zero attached hydrogens (tertiary/aromatic N) is 2. The zero-order valence-electron chi connectivity index (χ0n) is 11.3. The minimum Gasteiger partial charge on any atom is -0.496 e. The normalized spacial score (nSPS) is 28.9. The Kier molecular flexibility index (Phi) is 4.42. The van der Waals surface area contributed by atoms with Gasteiger partial charge in [0.15, 0.2) is 0 Å². The number of hydrogen-bond donors (Lipinski definition) is 1. The molecule has 0 bridgehead atoms. The molecular weight excluding hydrogens is 214 g/mol. The van der Waals surface area contributed by atoms with Gasteiger partial charge in [0.2, 0.25) is 0 Å². The van der Waals surface area contributed by atoms with Crippen molar-refractivity contribution in [2.24, 2.45) is 0 Å². The van der Waals surface area contributed by atoms with Crippen LogP contribution in [-0.4, -0.2) is 68.8 Å². The van der Waals surface area contributed by atoms with E-state index >= 15 is 0 Å². The van der Waals surface area contributed by atoms with E-state index in [1.54, 1.807) is 0 Å². The lowest BCUT2D eigenvalue weighted by molar-refractivity contribution is 0.0780. The molecule has 1 N–H and O–H groups in total. The third-order valence-corrected chi connectivity index (χ3v) is 3.75. The second-order valence-corrected chi connectivity index (χ2v) is 5.09. The van der Waals surface area contributed by atoms with Crippen molar-refractivity contribution >= 4 is 0 Å². The van der Waals surface area contributed by atoms with Crippen LogP contribution in [0.1, 0.15) is 13.3 Å². The summed E-state index contributed by atoms with van der Waals surface area (Å²) >= 11 is 0. The number of ether oxygens (including phenoxy) is 1. The van der Waals surface area contributed by atoms with Crippen molar-refractivity contribution in [2.45, 2.75) is 25.4 Å². The highest BCUT2D eigenvalue weighted by atomic mass is 16.5. The van der Waals surface area contributed by atoms with Crippen LogP contribution in [0.4, 0.5) is 0 Å². The Morgan fingerprint density at radius 3 is 2.94 bits per heavy atom. The minimum absolute atomic E-state index is 0.343. The van der Waals surface area contributed by atoms with E-state index in [1.807, 2.05) is 0 Å². The average Bonchev–Trinajstić information content (AvgIpc) is 2.83. The van der Waals surface area contributed by atoms with Crippen LogP contribution in [-0.2, 0) is 4.74 Å². The molecule has 17 heavy (non-hydrogen) atoms. The molecule has 0 amide bonds. The van der Waals surface area contributed by atoms with Crippen molar-refractivity contribution in [1.82, 2.24) is 15.1 Å². The SMILES string of the molecule is CCNC(C1=CCCO1)C1CN(C)CCN1C. The highest BCUT2D eigenvalue weighted by Crippen LogP contribution is 2.20. The summed E-state index contributed by atoms with van der Waals surface area (Å²) in [7, 11) is 4.42. The molecule has 2 aliphatic heterocycles. The topological polar surface area (TPSA) is 27.7 Å². The van der Waals surface area contributed by atoms with Gasteiger partial charge in [-0.25, -0.2) is 0 Å². The van der Waals surface area contributed by atoms with Crippen molar-refractivity contribution in [3.63, 3.8) is 0 Å². The molecule has 1 saturated heterocycles. The van der Waals surface area contributed by atoms with Crippen LogP contribution < -0.4 is 5.32 Å². The van der Waals surface area contributed by atoms with Gasteiger partial charge in [0, 0.05) is 32.1 Å². The van der Waals surface area contributed by atoms with Crippen molar-refractivity contribution in [3.05, 3.63) is 11.8 Å². The molecule has 2 rings (SSSR count). The molecule has 1 fully saturated rings. The summed E-state index contributed by atoms with van der Waals surface area (Å²) in [6, 6.07) is 0.855. The number of rotatable bonds is 4. The van der Waals surface area contributed by atoms with Gasteiger partial charge in [-0.1, -0.05) is 6.92 Å². The molecule has 2 unspecified atom stereocenters. The van der Waals surface area contributed by atoms with Crippen LogP contribution in [0.15, 0.2) is 11.8 Å². The van der Waals surface area contributed by atoms with Gasteiger partial charge < -0.3 is 15.0 Å². The summed E-state index contributed by atoms with van der Waals surface area (Å²) < 4.78 is 5.76. The van der Waals surface area contributed by atoms with Crippen LogP contribution in [0.5, 0.6) is 0 Å². The Hall–Kier alpha value is -0.580. The lowest BCUT2D eigenvalue weighted by Gasteiger charge is -2.42. The summed E-state index contributed by atoms with van der Waals surface area (Å²) in [5, 5.41) is 3.58. The molecule has 0 spiro atoms. The molecular formula is C13H25N3O. The Morgan fingerprint density at radius 2 is 2.29 bits per heavy atom. The predicted molar refractivity (Wildman–Crippen MR) is 70.0 cm³/mol. The Morgan fingerprint density at radius 1 is 1.47 bits per heavy atom. The fraction of sp³-hybridized carbons (Fsp3) is 0.846. The van der Waals surface area contributed by atoms with Crippen molar-refractivity contribution in [2.75, 3.05) is 46.9 Å². The first-order chi connectivity index (χ1) is 8.22. The van der Waals surface area contributed by atoms with E-state index in [1.165, 1.54) is 0 Å². The molecule has 0 aromatic carbocycles. The average molecular weight is 239 g/mol. The molecule has 4 nitrogen and oxygen atoms in total. The van der Waals surface area contributed by atoms with E-state index in [0.717, 1.165) is 45.0 Å². The summed E-state index contributed by atoms with van der Waals surface area (Å²) in [6.07, 6.45) is 3.30. The standard InChI is InChI=1S/C13H25N3O/c1-4-14-13(12-6-5-9-17-12)11-10-15(2)7-8-16(11)3/h6,11,13-14H,4-5,7-10H2,1-3H3. The monoisotopic (exact) mass is 239 g/mol. The number of hydrogen-bond acceptors (Lipinski definition) is 4. The molecule has 0 aliphatic carbocycles. The van der Waals surface area contributed by atoms with Crippen molar-refractivity contribution in [1.29, 1.82) is 0 Å². The Balaban J connectivity index is 2.07. The van der Waals surface area contributed by atoms with E-state index < -0.39 is 0 Å². The predicted octanol–water partition coefficient (Wildman–Crippen LogP) is 0.515. The summed E-state index contributed by atoms with van der Waals surface area (Å²) in [5.74, 6) is 1.15. The van der Waals surface area contributed by atoms with Crippen LogP contribution in [0, 0.1) is 0 Å². The third kappa shape index (κ3) is 3.00. The second-order valence-electron chi connectivity index (χ2n) is 5.09. The lowest BCUT2D eigenvalue weighted by Crippen LogP contribution is -2.59. The first-order valence-corrected chi connectivity index (χ1v) is 6.67. The van der Waals surface area contributed by atoms with Gasteiger partial charge >= 0.3 is 0 Å². The zero-order chi connectivity index (χ0) is 12.3. The largest absolute Gasteiger partial charge is 0.496 e. The van der Waals surface area contributed by atoms with Gasteiger partial charge in [0.05, 0.1) is 12.6 Å². The zero-order valence-corrected chi connectivity index (χ0v) is 11.3. The summed E-state index contributed by atoms with van der Waals surface area (Å²) in [4.78, 5) is 4.86. The molecule has 98 valence electrons. The fourth-order valence-corrected chi connectivity index (χ4v) is 2.70. The highest BCUT2D eigenvalue weighted by molar-refractivity contribution is 5.12. The fourth-order valence-electron chi connectivity index (χ4n) is 2.70. The summed E-state index contributed by atoms with van der Waals surface area (Å²) in [5.41, 5.74) is 0. The van der Waals surface area contributed by atoms with Crippen LogP contribution in [0.25, 0.3) is 0 Å². The quantitative estimate of drug-likeness (QED) is 0.774. The highest BCUT2D eigenvalue weighted by Gasteiger charge is 2.33. The van der Waals surface area contributed by atoms with Gasteiger partial charge in [-0.2, -0.15) is 0 Å². The van der Waals surface area contributed by atoms with E-state index in [4.69, 9.17) is 4.74 Å². The third-order valence-electron chi connectivity index (χ3n) is 3.75. The van der Waals surface area contributed by atoms with Crippen LogP contribution in [0.3, 0.4) is 0 Å². The Labute approximate surface area is 105 Å². The summed E-state index contributed by atoms with van der Waals surface area (Å²) in [6.45, 7) is 7.40. The molecule has 2 heterocycles. The number of likely N-dealkylation sites (N-methyl/N-ethyl adjacent to an activating group) is 3. The molecule has 2 aliphatic rings. The van der Waals surface area contributed by atoms with Crippen LogP contribution >= 0.6 is 0 Å². The van der Waals surface area contributed by atoms with E-state index in [0.29, 0.717) is 12.1 Å². The maximum Gasteiger partial charge on any atom is 0.111 e. The maximum atomic E-state index is 5.76. The molecule has 0 aromatic heterocycles.